The van der Waals surface area contributed by atoms with E-state index in [0.717, 1.165) is 55.2 Å². The number of rotatable bonds is 6. The Labute approximate surface area is 197 Å². The van der Waals surface area contributed by atoms with E-state index in [2.05, 4.69) is 33.7 Å². The van der Waals surface area contributed by atoms with Crippen molar-refractivity contribution in [1.29, 1.82) is 0 Å². The maximum atomic E-state index is 13.0. The summed E-state index contributed by atoms with van der Waals surface area (Å²) in [6, 6.07) is 7.72. The van der Waals surface area contributed by atoms with Crippen molar-refractivity contribution in [3.63, 3.8) is 0 Å². The Bertz CT molecular complexity index is 1400. The number of aryl methyl sites for hydroxylation is 2. The number of nitrogens with zero attached hydrogens (tertiary/aromatic N) is 7. The number of anilines is 1. The number of pyridine rings is 1. The first-order valence-corrected chi connectivity index (χ1v) is 11.9. The third-order valence-electron chi connectivity index (χ3n) is 6.60. The minimum Gasteiger partial charge on any atom is -0.367 e. The van der Waals surface area contributed by atoms with Gasteiger partial charge in [-0.05, 0) is 44.9 Å². The summed E-state index contributed by atoms with van der Waals surface area (Å²) in [5.74, 6) is 0. The Morgan fingerprint density at radius 3 is 2.74 bits per heavy atom. The van der Waals surface area contributed by atoms with E-state index < -0.39 is 0 Å². The zero-order valence-electron chi connectivity index (χ0n) is 19.9. The number of halogens is 1. The number of piperazine rings is 1. The zero-order chi connectivity index (χ0) is 23.8. The molecule has 1 aliphatic rings. The van der Waals surface area contributed by atoms with Crippen LogP contribution < -0.4 is 10.5 Å². The molecular weight excluding hydrogens is 433 g/mol. The molecule has 9 heteroatoms. The molecule has 0 aliphatic carbocycles. The molecule has 0 radical (unpaired) electrons. The number of alkyl halides is 1. The van der Waals surface area contributed by atoms with Gasteiger partial charge in [0, 0.05) is 44.5 Å². The molecule has 34 heavy (non-hydrogen) atoms. The Morgan fingerprint density at radius 1 is 1.12 bits per heavy atom. The molecule has 0 unspecified atom stereocenters. The van der Waals surface area contributed by atoms with Gasteiger partial charge in [-0.3, -0.25) is 23.5 Å². The van der Waals surface area contributed by atoms with Crippen molar-refractivity contribution in [3.8, 4) is 11.4 Å². The highest BCUT2D eigenvalue weighted by Crippen LogP contribution is 2.22. The molecule has 0 spiro atoms. The van der Waals surface area contributed by atoms with Gasteiger partial charge in [0.1, 0.15) is 11.3 Å². The number of aromatic nitrogens is 5. The highest BCUT2D eigenvalue weighted by molar-refractivity contribution is 5.66. The van der Waals surface area contributed by atoms with Gasteiger partial charge in [-0.1, -0.05) is 6.92 Å². The lowest BCUT2D eigenvalue weighted by molar-refractivity contribution is 0.182. The Kier molecular flexibility index (Phi) is 6.03. The van der Waals surface area contributed by atoms with Gasteiger partial charge in [0.05, 0.1) is 41.2 Å². The van der Waals surface area contributed by atoms with Crippen LogP contribution in [0.2, 0.25) is 0 Å². The second kappa shape index (κ2) is 9.13. The molecule has 4 aromatic heterocycles. The summed E-state index contributed by atoms with van der Waals surface area (Å²) in [5, 5.41) is 4.66. The molecule has 1 aliphatic heterocycles. The predicted octanol–water partition coefficient (Wildman–Crippen LogP) is 3.15. The Hall–Kier alpha value is -3.33. The van der Waals surface area contributed by atoms with Gasteiger partial charge in [-0.15, -0.1) is 0 Å². The van der Waals surface area contributed by atoms with Gasteiger partial charge in [-0.25, -0.2) is 9.50 Å². The second-order valence-corrected chi connectivity index (χ2v) is 9.01. The van der Waals surface area contributed by atoms with Crippen molar-refractivity contribution in [2.75, 3.05) is 37.8 Å². The summed E-state index contributed by atoms with van der Waals surface area (Å²) in [6.07, 6.45) is 5.13. The lowest BCUT2D eigenvalue weighted by Gasteiger charge is -2.41. The lowest BCUT2D eigenvalue weighted by atomic mass is 10.1. The van der Waals surface area contributed by atoms with Gasteiger partial charge >= 0.3 is 0 Å². The highest BCUT2D eigenvalue weighted by Gasteiger charge is 2.24. The van der Waals surface area contributed by atoms with Gasteiger partial charge in [-0.2, -0.15) is 5.10 Å². The van der Waals surface area contributed by atoms with Crippen molar-refractivity contribution < 1.29 is 4.39 Å². The maximum absolute atomic E-state index is 13.0. The van der Waals surface area contributed by atoms with Crippen molar-refractivity contribution in [2.45, 2.75) is 39.7 Å². The van der Waals surface area contributed by atoms with E-state index in [4.69, 9.17) is 4.98 Å². The molecule has 0 N–H and O–H groups in total. The molecule has 0 saturated carbocycles. The van der Waals surface area contributed by atoms with E-state index in [9.17, 15) is 9.18 Å². The maximum Gasteiger partial charge on any atom is 0.258 e. The average molecular weight is 464 g/mol. The van der Waals surface area contributed by atoms with E-state index in [-0.39, 0.29) is 12.2 Å². The minimum atomic E-state index is -0.277. The normalized spacial score (nSPS) is 17.2. The van der Waals surface area contributed by atoms with Crippen LogP contribution in [0, 0.1) is 6.92 Å². The SMILES string of the molecule is CCc1nc(C)cn2nc(-c3cc(=O)n4cc(N5CCN(CCCF)[C@H](C)C5)ccc4n3)cc12. The molecule has 0 aromatic carbocycles. The van der Waals surface area contributed by atoms with Crippen LogP contribution in [-0.4, -0.2) is 67.8 Å². The monoisotopic (exact) mass is 463 g/mol. The summed E-state index contributed by atoms with van der Waals surface area (Å²) in [7, 11) is 0. The molecule has 0 bridgehead atoms. The van der Waals surface area contributed by atoms with Crippen LogP contribution in [0.5, 0.6) is 0 Å². The largest absolute Gasteiger partial charge is 0.367 e. The fourth-order valence-electron chi connectivity index (χ4n) is 4.80. The molecule has 1 atom stereocenters. The van der Waals surface area contributed by atoms with Crippen LogP contribution in [-0.2, 0) is 6.42 Å². The number of hydrogen-bond donors (Lipinski definition) is 0. The van der Waals surface area contributed by atoms with Crippen molar-refractivity contribution >= 4 is 16.9 Å². The Balaban J connectivity index is 1.45. The van der Waals surface area contributed by atoms with Gasteiger partial charge in [0.25, 0.3) is 5.56 Å². The van der Waals surface area contributed by atoms with Gasteiger partial charge < -0.3 is 4.90 Å². The third kappa shape index (κ3) is 4.16. The topological polar surface area (TPSA) is 71.0 Å². The summed E-state index contributed by atoms with van der Waals surface area (Å²) >= 11 is 0. The van der Waals surface area contributed by atoms with Crippen LogP contribution in [0.3, 0.4) is 0 Å². The number of hydrogen-bond acceptors (Lipinski definition) is 6. The highest BCUT2D eigenvalue weighted by atomic mass is 19.1. The van der Waals surface area contributed by atoms with Crippen LogP contribution in [0.25, 0.3) is 22.6 Å². The summed E-state index contributed by atoms with van der Waals surface area (Å²) in [6.45, 7) is 9.26. The van der Waals surface area contributed by atoms with Crippen molar-refractivity contribution in [2.24, 2.45) is 0 Å². The smallest absolute Gasteiger partial charge is 0.258 e. The van der Waals surface area contributed by atoms with Crippen molar-refractivity contribution in [3.05, 3.63) is 58.4 Å². The molecule has 1 fully saturated rings. The summed E-state index contributed by atoms with van der Waals surface area (Å²) in [4.78, 5) is 27.0. The molecule has 5 rings (SSSR count). The van der Waals surface area contributed by atoms with E-state index in [1.807, 2.05) is 42.0 Å². The van der Waals surface area contributed by atoms with E-state index in [0.29, 0.717) is 29.5 Å². The Morgan fingerprint density at radius 2 is 1.97 bits per heavy atom. The van der Waals surface area contributed by atoms with Crippen molar-refractivity contribution in [1.82, 2.24) is 28.9 Å². The van der Waals surface area contributed by atoms with Crippen LogP contribution >= 0.6 is 0 Å². The number of fused-ring (bicyclic) bond motifs is 2. The van der Waals surface area contributed by atoms with Gasteiger partial charge in [0.2, 0.25) is 0 Å². The molecular formula is C25H30FN7O. The summed E-state index contributed by atoms with van der Waals surface area (Å²) in [5.41, 5.74) is 5.44. The molecule has 4 aromatic rings. The molecule has 8 nitrogen and oxygen atoms in total. The average Bonchev–Trinajstić information content (AvgIpc) is 3.26. The quantitative estimate of drug-likeness (QED) is 0.438. The first-order chi connectivity index (χ1) is 16.5. The first kappa shape index (κ1) is 22.5. The fraction of sp³-hybridized carbons (Fsp3) is 0.440. The molecule has 178 valence electrons. The standard InChI is InChI=1S/C25H30FN7O/c1-4-20-23-12-22(29-33(23)14-17(2)27-20)21-13-25(34)32-16-19(6-7-24(32)28-21)31-11-10-30(9-5-8-26)18(3)15-31/h6-7,12-14,16,18H,4-5,8-11,15H2,1-3H3/t18-/m1/s1. The molecule has 1 saturated heterocycles. The third-order valence-corrected chi connectivity index (χ3v) is 6.60. The van der Waals surface area contributed by atoms with Gasteiger partial charge in [0.15, 0.2) is 0 Å². The lowest BCUT2D eigenvalue weighted by Crippen LogP contribution is -2.52. The van der Waals surface area contributed by atoms with E-state index >= 15 is 0 Å². The van der Waals surface area contributed by atoms with E-state index in [1.54, 1.807) is 10.5 Å². The van der Waals surface area contributed by atoms with E-state index in [1.165, 1.54) is 0 Å². The minimum absolute atomic E-state index is 0.140. The van der Waals surface area contributed by atoms with Crippen LogP contribution in [0.4, 0.5) is 10.1 Å². The molecule has 0 amide bonds. The predicted molar refractivity (Wildman–Crippen MR) is 131 cm³/mol. The fourth-order valence-corrected chi connectivity index (χ4v) is 4.80. The first-order valence-electron chi connectivity index (χ1n) is 11.9. The van der Waals surface area contributed by atoms with Crippen LogP contribution in [0.15, 0.2) is 41.5 Å². The zero-order valence-corrected chi connectivity index (χ0v) is 19.9. The second-order valence-electron chi connectivity index (χ2n) is 9.01. The molecule has 5 heterocycles. The van der Waals surface area contributed by atoms with Crippen LogP contribution in [0.1, 0.15) is 31.7 Å². The summed E-state index contributed by atoms with van der Waals surface area (Å²) < 4.78 is 16.0.